The molecule has 0 rings (SSSR count). The van der Waals surface area contributed by atoms with Crippen LogP contribution in [0.3, 0.4) is 0 Å². The van der Waals surface area contributed by atoms with Crippen molar-refractivity contribution in [3.63, 3.8) is 0 Å². The Labute approximate surface area is 72.0 Å². The van der Waals surface area contributed by atoms with E-state index in [0.29, 0.717) is 6.04 Å². The van der Waals surface area contributed by atoms with Gasteiger partial charge in [0.1, 0.15) is 0 Å². The highest BCUT2D eigenvalue weighted by Crippen LogP contribution is 1.99. The molecule has 11 heavy (non-hydrogen) atoms. The Bertz CT molecular complexity index is 117. The molecule has 0 aromatic rings. The van der Waals surface area contributed by atoms with Crippen LogP contribution in [0.2, 0.25) is 0 Å². The summed E-state index contributed by atoms with van der Waals surface area (Å²) in [7, 11) is -0.601. The molecule has 0 bridgehead atoms. The van der Waals surface area contributed by atoms with E-state index in [-0.39, 0.29) is 0 Å². The highest BCUT2D eigenvalue weighted by Gasteiger charge is 2.00. The fourth-order valence-corrected chi connectivity index (χ4v) is 1.63. The largest absolute Gasteiger partial charge is 0.328 e. The van der Waals surface area contributed by atoms with E-state index in [4.69, 9.17) is 5.73 Å². The van der Waals surface area contributed by atoms with Gasteiger partial charge in [0.2, 0.25) is 0 Å². The van der Waals surface area contributed by atoms with Crippen molar-refractivity contribution < 1.29 is 4.21 Å². The molecule has 2 N–H and O–H groups in total. The van der Waals surface area contributed by atoms with Crippen molar-refractivity contribution in [1.29, 1.82) is 0 Å². The normalized spacial score (nSPS) is 16.3. The summed E-state index contributed by atoms with van der Waals surface area (Å²) in [6, 6.07) is 0.309. The molecule has 0 aliphatic heterocycles. The van der Waals surface area contributed by atoms with Gasteiger partial charge >= 0.3 is 0 Å². The van der Waals surface area contributed by atoms with Crippen molar-refractivity contribution in [2.75, 3.05) is 11.5 Å². The lowest BCUT2D eigenvalue weighted by Crippen LogP contribution is -2.19. The van der Waals surface area contributed by atoms with Gasteiger partial charge in [0.05, 0.1) is 0 Å². The van der Waals surface area contributed by atoms with Crippen molar-refractivity contribution in [1.82, 2.24) is 0 Å². The summed E-state index contributed by atoms with van der Waals surface area (Å²) in [5, 5.41) is 0. The molecular formula is C8H19NOS. The van der Waals surface area contributed by atoms with Crippen LogP contribution < -0.4 is 5.73 Å². The standard InChI is InChI=1S/C8H19NOS/c1-3-8(9)6-5-7-11(10)4-2/h8H,3-7,9H2,1-2H3. The SMILES string of the molecule is CCC(N)CCCS(=O)CC. The van der Waals surface area contributed by atoms with E-state index in [1.165, 1.54) is 0 Å². The first-order valence-corrected chi connectivity index (χ1v) is 5.80. The molecule has 68 valence electrons. The number of nitrogens with two attached hydrogens (primary N) is 1. The zero-order chi connectivity index (χ0) is 8.69. The van der Waals surface area contributed by atoms with Crippen molar-refractivity contribution in [2.24, 2.45) is 5.73 Å². The molecular weight excluding hydrogens is 158 g/mol. The van der Waals surface area contributed by atoms with Gasteiger partial charge in [-0.15, -0.1) is 0 Å². The van der Waals surface area contributed by atoms with Crippen LogP contribution in [-0.2, 0) is 10.8 Å². The third-order valence-corrected chi connectivity index (χ3v) is 3.18. The van der Waals surface area contributed by atoms with Crippen molar-refractivity contribution >= 4 is 10.8 Å². The first-order chi connectivity index (χ1) is 5.20. The minimum Gasteiger partial charge on any atom is -0.328 e. The third-order valence-electron chi connectivity index (χ3n) is 1.79. The van der Waals surface area contributed by atoms with Gasteiger partial charge in [-0.25, -0.2) is 0 Å². The zero-order valence-electron chi connectivity index (χ0n) is 7.51. The maximum absolute atomic E-state index is 11.0. The smallest absolute Gasteiger partial charge is 0.0235 e. The molecule has 0 aliphatic rings. The van der Waals surface area contributed by atoms with Crippen LogP contribution in [0.5, 0.6) is 0 Å². The molecule has 0 spiro atoms. The van der Waals surface area contributed by atoms with Gasteiger partial charge in [0.25, 0.3) is 0 Å². The number of hydrogen-bond acceptors (Lipinski definition) is 2. The van der Waals surface area contributed by atoms with Crippen molar-refractivity contribution in [3.05, 3.63) is 0 Å². The second-order valence-electron chi connectivity index (χ2n) is 2.74. The molecule has 0 saturated carbocycles. The highest BCUT2D eigenvalue weighted by atomic mass is 32.2. The average Bonchev–Trinajstić information content (AvgIpc) is 2.04. The monoisotopic (exact) mass is 177 g/mol. The van der Waals surface area contributed by atoms with E-state index >= 15 is 0 Å². The molecule has 0 aromatic heterocycles. The first-order valence-electron chi connectivity index (χ1n) is 4.31. The summed E-state index contributed by atoms with van der Waals surface area (Å²) >= 11 is 0. The topological polar surface area (TPSA) is 43.1 Å². The lowest BCUT2D eigenvalue weighted by atomic mass is 10.1. The van der Waals surface area contributed by atoms with Gasteiger partial charge in [-0.1, -0.05) is 13.8 Å². The summed E-state index contributed by atoms with van der Waals surface area (Å²) in [5.74, 6) is 1.60. The van der Waals surface area contributed by atoms with E-state index in [1.54, 1.807) is 0 Å². The van der Waals surface area contributed by atoms with Gasteiger partial charge in [-0.2, -0.15) is 0 Å². The summed E-state index contributed by atoms with van der Waals surface area (Å²) in [6.45, 7) is 4.04. The molecule has 0 fully saturated rings. The van der Waals surface area contributed by atoms with Crippen LogP contribution in [-0.4, -0.2) is 21.8 Å². The quantitative estimate of drug-likeness (QED) is 0.664. The highest BCUT2D eigenvalue weighted by molar-refractivity contribution is 7.84. The molecule has 3 heteroatoms. The van der Waals surface area contributed by atoms with Gasteiger partial charge in [-0.3, -0.25) is 4.21 Å². The van der Waals surface area contributed by atoms with Crippen LogP contribution >= 0.6 is 0 Å². The van der Waals surface area contributed by atoms with Crippen LogP contribution in [0.25, 0.3) is 0 Å². The van der Waals surface area contributed by atoms with Gasteiger partial charge < -0.3 is 5.73 Å². The Morgan fingerprint density at radius 2 is 2.09 bits per heavy atom. The number of rotatable bonds is 6. The Kier molecular flexibility index (Phi) is 6.87. The lowest BCUT2D eigenvalue weighted by molar-refractivity contribution is 0.586. The molecule has 2 nitrogen and oxygen atoms in total. The summed E-state index contributed by atoms with van der Waals surface area (Å²) in [6.07, 6.45) is 3.05. The molecule has 0 amide bonds. The van der Waals surface area contributed by atoms with E-state index < -0.39 is 10.8 Å². The van der Waals surface area contributed by atoms with Crippen LogP contribution in [0.1, 0.15) is 33.1 Å². The summed E-state index contributed by atoms with van der Waals surface area (Å²) in [4.78, 5) is 0. The maximum Gasteiger partial charge on any atom is 0.0235 e. The second kappa shape index (κ2) is 6.80. The molecule has 2 atom stereocenters. The minimum atomic E-state index is -0.601. The summed E-state index contributed by atoms with van der Waals surface area (Å²) in [5.41, 5.74) is 5.70. The lowest BCUT2D eigenvalue weighted by Gasteiger charge is -2.06. The molecule has 0 aromatic carbocycles. The fourth-order valence-electron chi connectivity index (χ4n) is 0.855. The molecule has 2 unspecified atom stereocenters. The van der Waals surface area contributed by atoms with E-state index in [2.05, 4.69) is 6.92 Å². The third kappa shape index (κ3) is 6.51. The maximum atomic E-state index is 11.0. The molecule has 0 heterocycles. The Morgan fingerprint density at radius 1 is 1.45 bits per heavy atom. The van der Waals surface area contributed by atoms with Crippen LogP contribution in [0, 0.1) is 0 Å². The fraction of sp³-hybridized carbons (Fsp3) is 1.00. The van der Waals surface area contributed by atoms with Gasteiger partial charge in [-0.05, 0) is 19.3 Å². The molecule has 0 radical (unpaired) electrons. The van der Waals surface area contributed by atoms with Gasteiger partial charge in [0, 0.05) is 28.3 Å². The van der Waals surface area contributed by atoms with E-state index in [0.717, 1.165) is 30.8 Å². The Morgan fingerprint density at radius 3 is 2.55 bits per heavy atom. The molecule has 0 aliphatic carbocycles. The zero-order valence-corrected chi connectivity index (χ0v) is 8.32. The van der Waals surface area contributed by atoms with Crippen molar-refractivity contribution in [3.8, 4) is 0 Å². The van der Waals surface area contributed by atoms with Crippen molar-refractivity contribution in [2.45, 2.75) is 39.2 Å². The predicted molar refractivity (Wildman–Crippen MR) is 51.1 cm³/mol. The summed E-state index contributed by atoms with van der Waals surface area (Å²) < 4.78 is 11.0. The Balaban J connectivity index is 3.20. The predicted octanol–water partition coefficient (Wildman–Crippen LogP) is 1.27. The first kappa shape index (κ1) is 11.1. The van der Waals surface area contributed by atoms with Crippen LogP contribution in [0.4, 0.5) is 0 Å². The van der Waals surface area contributed by atoms with E-state index in [1.807, 2.05) is 6.92 Å². The van der Waals surface area contributed by atoms with E-state index in [9.17, 15) is 4.21 Å². The van der Waals surface area contributed by atoms with Gasteiger partial charge in [0.15, 0.2) is 0 Å². The Hall–Kier alpha value is 0.110. The second-order valence-corrected chi connectivity index (χ2v) is 4.61. The average molecular weight is 177 g/mol. The molecule has 0 saturated heterocycles. The minimum absolute atomic E-state index is 0.309. The van der Waals surface area contributed by atoms with Crippen LogP contribution in [0.15, 0.2) is 0 Å². The number of hydrogen-bond donors (Lipinski definition) is 1.